The van der Waals surface area contributed by atoms with E-state index in [2.05, 4.69) is 81.0 Å². The molecule has 284 valence electrons. The summed E-state index contributed by atoms with van der Waals surface area (Å²) in [5, 5.41) is 14.8. The molecule has 5 aromatic rings. The lowest BCUT2D eigenvalue weighted by Crippen LogP contribution is -2.54. The fourth-order valence-electron chi connectivity index (χ4n) is 9.38. The summed E-state index contributed by atoms with van der Waals surface area (Å²) in [6, 6.07) is 17.2. The van der Waals surface area contributed by atoms with Crippen LogP contribution in [0.3, 0.4) is 0 Å². The van der Waals surface area contributed by atoms with Crippen molar-refractivity contribution in [2.75, 3.05) is 41.7 Å². The average molecular weight is 751 g/mol. The zero-order valence-corrected chi connectivity index (χ0v) is 31.5. The normalized spacial score (nSPS) is 23.0. The molecule has 10 rings (SSSR count). The van der Waals surface area contributed by atoms with Gasteiger partial charge in [-0.3, -0.25) is 34.3 Å². The summed E-state index contributed by atoms with van der Waals surface area (Å²) < 4.78 is 1.78. The van der Waals surface area contributed by atoms with E-state index in [1.165, 1.54) is 11.1 Å². The maximum atomic E-state index is 13.4. The van der Waals surface area contributed by atoms with Gasteiger partial charge < -0.3 is 15.5 Å². The van der Waals surface area contributed by atoms with E-state index in [-0.39, 0.29) is 18.7 Å². The number of imide groups is 2. The molecule has 3 aromatic carbocycles. The average Bonchev–Trinajstić information content (AvgIpc) is 3.42. The number of benzene rings is 3. The molecule has 14 heteroatoms. The summed E-state index contributed by atoms with van der Waals surface area (Å²) in [7, 11) is 1.90. The van der Waals surface area contributed by atoms with Gasteiger partial charge in [0, 0.05) is 69.5 Å². The molecule has 0 radical (unpaired) electrons. The monoisotopic (exact) mass is 750 g/mol. The van der Waals surface area contributed by atoms with Crippen LogP contribution in [0.1, 0.15) is 55.8 Å². The second-order valence-electron chi connectivity index (χ2n) is 16.0. The number of para-hydroxylation sites is 1. The van der Waals surface area contributed by atoms with Crippen molar-refractivity contribution in [1.82, 2.24) is 34.9 Å². The van der Waals surface area contributed by atoms with Crippen LogP contribution in [0.25, 0.3) is 11.0 Å². The fraction of sp³-hybridized carbons (Fsp3) is 0.357. The van der Waals surface area contributed by atoms with Gasteiger partial charge in [-0.1, -0.05) is 24.3 Å². The smallest absolute Gasteiger partial charge is 0.262 e. The predicted molar refractivity (Wildman–Crippen MR) is 210 cm³/mol. The highest BCUT2D eigenvalue weighted by atomic mass is 16.2. The molecule has 3 fully saturated rings. The molecule has 14 nitrogen and oxygen atoms in total. The van der Waals surface area contributed by atoms with Gasteiger partial charge in [-0.25, -0.2) is 9.67 Å². The van der Waals surface area contributed by atoms with Gasteiger partial charge in [-0.05, 0) is 97.0 Å². The Labute approximate surface area is 323 Å². The number of piperidine rings is 2. The van der Waals surface area contributed by atoms with Crippen LogP contribution in [0.4, 0.5) is 28.8 Å². The first-order valence-corrected chi connectivity index (χ1v) is 19.3. The van der Waals surface area contributed by atoms with Crippen molar-refractivity contribution in [1.29, 1.82) is 0 Å². The SMILES string of the molecule is Cc1cccc(C)c1Nc1nn(C)c2nc(Nc3ccc4c(c3)CN(C[C@H]3[C@H]5CN(c6ccc7c(c6)C(=O)N(C6CCC(=O)NC6=O)C7=O)C[C@@H]35)CC4)ncc12. The maximum absolute atomic E-state index is 13.4. The summed E-state index contributed by atoms with van der Waals surface area (Å²) in [5.74, 6) is 1.13. The number of anilines is 5. The van der Waals surface area contributed by atoms with Crippen LogP contribution in [0, 0.1) is 31.6 Å². The highest BCUT2D eigenvalue weighted by Crippen LogP contribution is 2.53. The Morgan fingerprint density at radius 3 is 2.45 bits per heavy atom. The van der Waals surface area contributed by atoms with Gasteiger partial charge in [0.2, 0.25) is 17.8 Å². The fourth-order valence-corrected chi connectivity index (χ4v) is 9.38. The first-order chi connectivity index (χ1) is 27.1. The van der Waals surface area contributed by atoms with Crippen LogP contribution in [0.15, 0.2) is 60.8 Å². The molecule has 1 aliphatic carbocycles. The molecular formula is C42H42N10O4. The van der Waals surface area contributed by atoms with Crippen molar-refractivity contribution in [2.45, 2.75) is 45.7 Å². The van der Waals surface area contributed by atoms with Gasteiger partial charge in [-0.15, -0.1) is 0 Å². The van der Waals surface area contributed by atoms with Crippen molar-refractivity contribution in [3.63, 3.8) is 0 Å². The van der Waals surface area contributed by atoms with Gasteiger partial charge in [0.1, 0.15) is 6.04 Å². The lowest BCUT2D eigenvalue weighted by Gasteiger charge is -2.30. The molecule has 2 saturated heterocycles. The van der Waals surface area contributed by atoms with Crippen LogP contribution in [0.2, 0.25) is 0 Å². The maximum Gasteiger partial charge on any atom is 0.262 e. The van der Waals surface area contributed by atoms with E-state index in [4.69, 9.17) is 10.1 Å². The van der Waals surface area contributed by atoms with E-state index < -0.39 is 23.8 Å². The van der Waals surface area contributed by atoms with Gasteiger partial charge in [-0.2, -0.15) is 10.1 Å². The Morgan fingerprint density at radius 1 is 0.875 bits per heavy atom. The number of amides is 4. The number of carbonyl (C=O) groups is 4. The molecule has 3 N–H and O–H groups in total. The number of hydrogen-bond donors (Lipinski definition) is 3. The van der Waals surface area contributed by atoms with Crippen molar-refractivity contribution < 1.29 is 19.2 Å². The minimum Gasteiger partial charge on any atom is -0.371 e. The first kappa shape index (κ1) is 34.3. The number of hydrogen-bond acceptors (Lipinski definition) is 11. The highest BCUT2D eigenvalue weighted by molar-refractivity contribution is 6.23. The molecule has 56 heavy (non-hydrogen) atoms. The predicted octanol–water partition coefficient (Wildman–Crippen LogP) is 4.61. The third-order valence-electron chi connectivity index (χ3n) is 12.5. The van der Waals surface area contributed by atoms with Gasteiger partial charge in [0.25, 0.3) is 11.8 Å². The second-order valence-corrected chi connectivity index (χ2v) is 16.0. The highest BCUT2D eigenvalue weighted by Gasteiger charge is 2.56. The zero-order chi connectivity index (χ0) is 38.4. The van der Waals surface area contributed by atoms with Crippen molar-refractivity contribution in [2.24, 2.45) is 24.8 Å². The summed E-state index contributed by atoms with van der Waals surface area (Å²) in [6.07, 6.45) is 3.08. The second kappa shape index (κ2) is 13.0. The van der Waals surface area contributed by atoms with Gasteiger partial charge >= 0.3 is 0 Å². The standard InChI is InChI=1S/C42H42N10O4/c1-22-5-4-6-23(2)36(22)46-37-30-17-43-42(47-38(30)49(3)48-37)44-26-8-7-24-13-14-50(18-25(24)15-26)19-31-32-20-51(21-33(31)32)27-9-10-28-29(16-27)41(56)52(40(28)55)34-11-12-35(53)45-39(34)54/h4-10,15-17,31-34H,11-14,18-21H2,1-3H3,(H,46,48)(H,43,44,47)(H,45,53,54)/t31-,32+,33-,34?. The van der Waals surface area contributed by atoms with E-state index in [9.17, 15) is 19.2 Å². The van der Waals surface area contributed by atoms with E-state index >= 15 is 0 Å². The molecule has 1 unspecified atom stereocenters. The number of nitrogens with zero attached hydrogens (tertiary/aromatic N) is 7. The molecule has 4 aliphatic heterocycles. The molecule has 5 aliphatic rings. The van der Waals surface area contributed by atoms with Crippen LogP contribution < -0.4 is 20.9 Å². The number of aryl methyl sites for hydroxylation is 3. The number of aromatic nitrogens is 4. The number of nitrogens with one attached hydrogen (secondary N) is 3. The minimum absolute atomic E-state index is 0.101. The Kier molecular flexibility index (Phi) is 7.96. The molecule has 4 atom stereocenters. The topological polar surface area (TPSA) is 158 Å². The van der Waals surface area contributed by atoms with E-state index in [0.29, 0.717) is 34.8 Å². The third-order valence-corrected chi connectivity index (χ3v) is 12.5. The summed E-state index contributed by atoms with van der Waals surface area (Å²) >= 11 is 0. The molecule has 0 bridgehead atoms. The van der Waals surface area contributed by atoms with Crippen LogP contribution in [-0.2, 0) is 29.6 Å². The zero-order valence-electron chi connectivity index (χ0n) is 31.5. The quantitative estimate of drug-likeness (QED) is 0.190. The summed E-state index contributed by atoms with van der Waals surface area (Å²) in [4.78, 5) is 66.1. The van der Waals surface area contributed by atoms with Gasteiger partial charge in [0.15, 0.2) is 11.5 Å². The number of rotatable bonds is 8. The molecule has 4 amide bonds. The van der Waals surface area contributed by atoms with Crippen LogP contribution >= 0.6 is 0 Å². The summed E-state index contributed by atoms with van der Waals surface area (Å²) in [5.41, 5.74) is 9.29. The van der Waals surface area contributed by atoms with Crippen LogP contribution in [-0.4, -0.2) is 85.4 Å². The van der Waals surface area contributed by atoms with Crippen molar-refractivity contribution in [3.8, 4) is 0 Å². The molecule has 6 heterocycles. The first-order valence-electron chi connectivity index (χ1n) is 19.3. The lowest BCUT2D eigenvalue weighted by atomic mass is 9.98. The molecule has 2 aromatic heterocycles. The van der Waals surface area contributed by atoms with Crippen LogP contribution in [0.5, 0.6) is 0 Å². The Morgan fingerprint density at radius 2 is 1.66 bits per heavy atom. The minimum atomic E-state index is -0.962. The Hall–Kier alpha value is -6.15. The summed E-state index contributed by atoms with van der Waals surface area (Å²) in [6.45, 7) is 8.96. The number of carbonyl (C=O) groups excluding carboxylic acids is 4. The molecular weight excluding hydrogens is 709 g/mol. The lowest BCUT2D eigenvalue weighted by molar-refractivity contribution is -0.136. The van der Waals surface area contributed by atoms with Crippen molar-refractivity contribution >= 4 is 63.5 Å². The van der Waals surface area contributed by atoms with E-state index in [1.54, 1.807) is 16.8 Å². The molecule has 1 saturated carbocycles. The largest absolute Gasteiger partial charge is 0.371 e. The number of fused-ring (bicyclic) bond motifs is 4. The van der Waals surface area contributed by atoms with Crippen molar-refractivity contribution in [3.05, 3.63) is 94.2 Å². The Bertz CT molecular complexity index is 2480. The third kappa shape index (κ3) is 5.78. The Balaban J connectivity index is 0.763. The van der Waals surface area contributed by atoms with Gasteiger partial charge in [0.05, 0.1) is 16.5 Å². The van der Waals surface area contributed by atoms with E-state index in [1.807, 2.05) is 19.3 Å². The van der Waals surface area contributed by atoms with E-state index in [0.717, 1.165) is 89.1 Å². The molecule has 0 spiro atoms.